The number of nitrogens with one attached hydrogen (secondary N) is 2. The maximum absolute atomic E-state index is 12.4. The van der Waals surface area contributed by atoms with Crippen molar-refractivity contribution in [3.05, 3.63) is 60.1 Å². The number of rotatable bonds is 9. The van der Waals surface area contributed by atoms with Crippen molar-refractivity contribution in [3.8, 4) is 0 Å². The Kier molecular flexibility index (Phi) is 10.9. The third kappa shape index (κ3) is 7.84. The second kappa shape index (κ2) is 13.4. The fourth-order valence-corrected chi connectivity index (χ4v) is 3.78. The first-order chi connectivity index (χ1) is 14.7. The van der Waals surface area contributed by atoms with Crippen LogP contribution in [0.2, 0.25) is 0 Å². The summed E-state index contributed by atoms with van der Waals surface area (Å²) >= 11 is 0. The van der Waals surface area contributed by atoms with Crippen LogP contribution in [0, 0.1) is 0 Å². The molecule has 1 saturated heterocycles. The van der Waals surface area contributed by atoms with Crippen LogP contribution in [0.1, 0.15) is 36.6 Å². The number of hydrogen-bond donors (Lipinski definition) is 2. The van der Waals surface area contributed by atoms with E-state index in [2.05, 4.69) is 20.5 Å². The summed E-state index contributed by atoms with van der Waals surface area (Å²) in [6, 6.07) is 14.2. The Morgan fingerprint density at radius 2 is 1.90 bits per heavy atom. The van der Waals surface area contributed by atoms with Gasteiger partial charge in [0, 0.05) is 40.2 Å². The van der Waals surface area contributed by atoms with E-state index in [-0.39, 0.29) is 35.9 Å². The maximum Gasteiger partial charge on any atom is 0.224 e. The summed E-state index contributed by atoms with van der Waals surface area (Å²) < 4.78 is 5.67. The summed E-state index contributed by atoms with van der Waals surface area (Å²) in [5.41, 5.74) is 1.13. The maximum atomic E-state index is 12.4. The Bertz CT molecular complexity index is 792. The van der Waals surface area contributed by atoms with Crippen LogP contribution in [0.15, 0.2) is 58.1 Å². The van der Waals surface area contributed by atoms with Gasteiger partial charge in [-0.25, -0.2) is 0 Å². The molecule has 2 N–H and O–H groups in total. The molecule has 1 atom stereocenters. The lowest BCUT2D eigenvalue weighted by Gasteiger charge is -2.26. The van der Waals surface area contributed by atoms with E-state index in [1.165, 1.54) is 12.8 Å². The fraction of sp³-hybridized carbons (Fsp3) is 0.478. The van der Waals surface area contributed by atoms with E-state index in [0.29, 0.717) is 32.0 Å². The summed E-state index contributed by atoms with van der Waals surface area (Å²) in [5.74, 6) is 1.77. The first kappa shape index (κ1) is 25.2. The number of halogens is 1. The van der Waals surface area contributed by atoms with Crippen molar-refractivity contribution in [1.82, 2.24) is 20.4 Å². The number of guanidine groups is 1. The second-order valence-corrected chi connectivity index (χ2v) is 7.64. The third-order valence-electron chi connectivity index (χ3n) is 5.46. The quantitative estimate of drug-likeness (QED) is 0.291. The van der Waals surface area contributed by atoms with Gasteiger partial charge in [0.15, 0.2) is 5.96 Å². The highest BCUT2D eigenvalue weighted by Gasteiger charge is 2.25. The monoisotopic (exact) mass is 539 g/mol. The van der Waals surface area contributed by atoms with Crippen LogP contribution in [-0.2, 0) is 11.3 Å². The van der Waals surface area contributed by atoms with Crippen molar-refractivity contribution in [2.24, 2.45) is 4.99 Å². The number of benzene rings is 1. The predicted molar refractivity (Wildman–Crippen MR) is 135 cm³/mol. The van der Waals surface area contributed by atoms with Crippen LogP contribution in [0.3, 0.4) is 0 Å². The molecule has 0 radical (unpaired) electrons. The largest absolute Gasteiger partial charge is 0.468 e. The smallest absolute Gasteiger partial charge is 0.224 e. The molecule has 2 heterocycles. The number of likely N-dealkylation sites (tertiary alicyclic amines) is 1. The Morgan fingerprint density at radius 1 is 1.16 bits per heavy atom. The van der Waals surface area contributed by atoms with E-state index in [1.54, 1.807) is 18.2 Å². The minimum atomic E-state index is 0. The molecule has 2 aromatic rings. The standard InChI is InChI=1S/C23H33N5O2.HI/c1-24-23(25-13-12-22(29)27(2)18-19-9-4-3-5-10-19)26-17-20(21-11-8-16-30-21)28-14-6-7-15-28;/h3-5,8-11,16,20H,6-7,12-15,17-18H2,1-2H3,(H2,24,25,26);1H. The SMILES string of the molecule is CN=C(NCCC(=O)N(C)Cc1ccccc1)NCC(c1ccco1)N1CCCC1.I. The van der Waals surface area contributed by atoms with E-state index < -0.39 is 0 Å². The van der Waals surface area contributed by atoms with E-state index >= 15 is 0 Å². The Balaban J connectivity index is 0.00000341. The average Bonchev–Trinajstić information content (AvgIpc) is 3.48. The summed E-state index contributed by atoms with van der Waals surface area (Å²) in [6.45, 7) is 4.03. The molecule has 0 bridgehead atoms. The molecule has 1 unspecified atom stereocenters. The van der Waals surface area contributed by atoms with Gasteiger partial charge in [-0.05, 0) is 43.6 Å². The van der Waals surface area contributed by atoms with Crippen LogP contribution in [0.25, 0.3) is 0 Å². The van der Waals surface area contributed by atoms with Crippen molar-refractivity contribution in [1.29, 1.82) is 0 Å². The number of hydrogen-bond acceptors (Lipinski definition) is 4. The van der Waals surface area contributed by atoms with Gasteiger partial charge < -0.3 is 20.0 Å². The van der Waals surface area contributed by atoms with E-state index in [4.69, 9.17) is 4.42 Å². The molecule has 0 saturated carbocycles. The molecular weight excluding hydrogens is 505 g/mol. The third-order valence-corrected chi connectivity index (χ3v) is 5.46. The summed E-state index contributed by atoms with van der Waals surface area (Å²) in [5, 5.41) is 6.64. The number of carbonyl (C=O) groups is 1. The molecule has 0 aliphatic carbocycles. The van der Waals surface area contributed by atoms with Crippen molar-refractivity contribution in [2.45, 2.75) is 31.8 Å². The molecule has 7 nitrogen and oxygen atoms in total. The van der Waals surface area contributed by atoms with Crippen LogP contribution in [-0.4, -0.2) is 61.9 Å². The molecule has 1 fully saturated rings. The lowest BCUT2D eigenvalue weighted by Crippen LogP contribution is -2.43. The second-order valence-electron chi connectivity index (χ2n) is 7.64. The summed E-state index contributed by atoms with van der Waals surface area (Å²) in [4.78, 5) is 20.9. The zero-order valence-corrected chi connectivity index (χ0v) is 20.7. The molecule has 1 aliphatic heterocycles. The summed E-state index contributed by atoms with van der Waals surface area (Å²) in [7, 11) is 3.59. The molecule has 3 rings (SSSR count). The van der Waals surface area contributed by atoms with Gasteiger partial charge in [0.2, 0.25) is 5.91 Å². The van der Waals surface area contributed by atoms with Gasteiger partial charge in [0.1, 0.15) is 5.76 Å². The number of aliphatic imine (C=N–C) groups is 1. The molecule has 1 aromatic heterocycles. The van der Waals surface area contributed by atoms with E-state index in [1.807, 2.05) is 49.5 Å². The lowest BCUT2D eigenvalue weighted by atomic mass is 10.2. The van der Waals surface area contributed by atoms with Crippen LogP contribution >= 0.6 is 24.0 Å². The van der Waals surface area contributed by atoms with Crippen molar-refractivity contribution in [3.63, 3.8) is 0 Å². The van der Waals surface area contributed by atoms with E-state index in [0.717, 1.165) is 24.4 Å². The number of carbonyl (C=O) groups excluding carboxylic acids is 1. The first-order valence-corrected chi connectivity index (χ1v) is 10.7. The van der Waals surface area contributed by atoms with Gasteiger partial charge in [-0.3, -0.25) is 14.7 Å². The number of nitrogens with zero attached hydrogens (tertiary/aromatic N) is 3. The normalized spacial score (nSPS) is 15.2. The van der Waals surface area contributed by atoms with Gasteiger partial charge in [0.05, 0.1) is 12.3 Å². The Labute approximate surface area is 202 Å². The van der Waals surface area contributed by atoms with Gasteiger partial charge in [-0.1, -0.05) is 30.3 Å². The lowest BCUT2D eigenvalue weighted by molar-refractivity contribution is -0.130. The molecule has 1 amide bonds. The average molecular weight is 539 g/mol. The zero-order valence-electron chi connectivity index (χ0n) is 18.4. The molecule has 1 aromatic carbocycles. The van der Waals surface area contributed by atoms with Crippen LogP contribution in [0.4, 0.5) is 0 Å². The highest BCUT2D eigenvalue weighted by atomic mass is 127. The number of furan rings is 1. The van der Waals surface area contributed by atoms with Gasteiger partial charge >= 0.3 is 0 Å². The highest BCUT2D eigenvalue weighted by Crippen LogP contribution is 2.24. The summed E-state index contributed by atoms with van der Waals surface area (Å²) in [6.07, 6.45) is 4.59. The highest BCUT2D eigenvalue weighted by molar-refractivity contribution is 14.0. The molecule has 0 spiro atoms. The molecular formula is C23H34IN5O2. The molecule has 170 valence electrons. The van der Waals surface area contributed by atoms with Gasteiger partial charge in [-0.15, -0.1) is 24.0 Å². The van der Waals surface area contributed by atoms with Gasteiger partial charge in [-0.2, -0.15) is 0 Å². The predicted octanol–water partition coefficient (Wildman–Crippen LogP) is 3.25. The minimum Gasteiger partial charge on any atom is -0.468 e. The van der Waals surface area contributed by atoms with Crippen molar-refractivity contribution < 1.29 is 9.21 Å². The van der Waals surface area contributed by atoms with Crippen molar-refractivity contribution >= 4 is 35.8 Å². The Morgan fingerprint density at radius 3 is 2.55 bits per heavy atom. The topological polar surface area (TPSA) is 73.1 Å². The zero-order chi connectivity index (χ0) is 21.2. The van der Waals surface area contributed by atoms with E-state index in [9.17, 15) is 4.79 Å². The van der Waals surface area contributed by atoms with Gasteiger partial charge in [0.25, 0.3) is 0 Å². The van der Waals surface area contributed by atoms with Crippen molar-refractivity contribution in [2.75, 3.05) is 40.3 Å². The molecule has 31 heavy (non-hydrogen) atoms. The van der Waals surface area contributed by atoms with Crippen LogP contribution < -0.4 is 10.6 Å². The fourth-order valence-electron chi connectivity index (χ4n) is 3.78. The Hall–Kier alpha value is -2.07. The minimum absolute atomic E-state index is 0. The first-order valence-electron chi connectivity index (χ1n) is 10.7. The molecule has 1 aliphatic rings. The van der Waals surface area contributed by atoms with Crippen LogP contribution in [0.5, 0.6) is 0 Å². The number of amides is 1. The molecule has 8 heteroatoms.